The molecule has 0 aliphatic carbocycles. The number of nitrogens with one attached hydrogen (secondary N) is 1. The van der Waals surface area contributed by atoms with Crippen molar-refractivity contribution in [2.45, 2.75) is 18.0 Å². The fourth-order valence-corrected chi connectivity index (χ4v) is 5.88. The molecule has 34 heavy (non-hydrogen) atoms. The molecule has 176 valence electrons. The van der Waals surface area contributed by atoms with Crippen LogP contribution in [-0.2, 0) is 27.9 Å². The number of nitrogens with zero attached hydrogens (tertiary/aromatic N) is 3. The number of carboxylic acid groups (broad SMARTS) is 1. The number of carbonyl (C=O) groups is 1. The van der Waals surface area contributed by atoms with Crippen molar-refractivity contribution >= 4 is 43.2 Å². The average molecular weight is 499 g/mol. The number of rotatable bonds is 10. The Kier molecular flexibility index (Phi) is 7.06. The van der Waals surface area contributed by atoms with E-state index in [0.29, 0.717) is 11.5 Å². The van der Waals surface area contributed by atoms with Crippen molar-refractivity contribution in [2.75, 3.05) is 19.0 Å². The second-order valence-corrected chi connectivity index (χ2v) is 10.4. The summed E-state index contributed by atoms with van der Waals surface area (Å²) >= 11 is 1.49. The number of hydrogen-bond donors (Lipinski definition) is 2. The summed E-state index contributed by atoms with van der Waals surface area (Å²) in [5.74, 6) is 0.0672. The van der Waals surface area contributed by atoms with Crippen LogP contribution in [0.25, 0.3) is 10.1 Å². The van der Waals surface area contributed by atoms with Crippen LogP contribution >= 0.6 is 11.3 Å². The van der Waals surface area contributed by atoms with Crippen molar-refractivity contribution < 1.29 is 23.1 Å². The van der Waals surface area contributed by atoms with Crippen LogP contribution in [0.15, 0.2) is 71.9 Å². The van der Waals surface area contributed by atoms with Crippen LogP contribution in [-0.4, -0.2) is 47.4 Å². The van der Waals surface area contributed by atoms with E-state index in [-0.39, 0.29) is 24.5 Å². The van der Waals surface area contributed by atoms with E-state index < -0.39 is 16.0 Å². The molecule has 1 aromatic carbocycles. The van der Waals surface area contributed by atoms with Crippen molar-refractivity contribution in [3.63, 3.8) is 0 Å². The van der Waals surface area contributed by atoms with Crippen LogP contribution < -0.4 is 10.1 Å². The number of methoxy groups -OCH3 is 1. The van der Waals surface area contributed by atoms with Crippen LogP contribution in [0.5, 0.6) is 5.75 Å². The topological polar surface area (TPSA) is 122 Å². The molecule has 0 saturated carbocycles. The molecule has 0 saturated heterocycles. The third kappa shape index (κ3) is 5.50. The number of sulfonamides is 1. The Labute approximate surface area is 200 Å². The molecular formula is C23H22N4O5S2. The number of thiophene rings is 1. The highest BCUT2D eigenvalue weighted by molar-refractivity contribution is 7.89. The second-order valence-electron chi connectivity index (χ2n) is 7.34. The van der Waals surface area contributed by atoms with Gasteiger partial charge in [-0.05, 0) is 53.9 Å². The highest BCUT2D eigenvalue weighted by Gasteiger charge is 2.26. The van der Waals surface area contributed by atoms with Gasteiger partial charge in [0.05, 0.1) is 19.3 Å². The molecule has 0 aliphatic heterocycles. The number of anilines is 1. The molecule has 9 nitrogen and oxygen atoms in total. The van der Waals surface area contributed by atoms with Gasteiger partial charge in [0, 0.05) is 28.5 Å². The van der Waals surface area contributed by atoms with Gasteiger partial charge in [-0.1, -0.05) is 6.07 Å². The van der Waals surface area contributed by atoms with Gasteiger partial charge in [-0.2, -0.15) is 4.31 Å². The molecule has 3 heterocycles. The molecule has 0 amide bonds. The molecule has 11 heteroatoms. The van der Waals surface area contributed by atoms with Crippen molar-refractivity contribution in [3.05, 3.63) is 77.6 Å². The normalized spacial score (nSPS) is 11.6. The van der Waals surface area contributed by atoms with E-state index in [0.717, 1.165) is 20.7 Å². The number of hydrogen-bond acceptors (Lipinski definition) is 8. The van der Waals surface area contributed by atoms with Crippen LogP contribution in [0.2, 0.25) is 0 Å². The molecular weight excluding hydrogens is 476 g/mol. The predicted octanol–water partition coefficient (Wildman–Crippen LogP) is 3.59. The van der Waals surface area contributed by atoms with Crippen LogP contribution in [0.4, 0.5) is 5.82 Å². The number of aliphatic carboxylic acids is 1. The highest BCUT2D eigenvalue weighted by atomic mass is 32.2. The first-order chi connectivity index (χ1) is 16.3. The minimum atomic E-state index is -3.89. The fraction of sp³-hybridized carbons (Fsp3) is 0.174. The fourth-order valence-electron chi connectivity index (χ4n) is 3.33. The molecule has 0 unspecified atom stereocenters. The summed E-state index contributed by atoms with van der Waals surface area (Å²) < 4.78 is 34.6. The molecule has 4 rings (SSSR count). The van der Waals surface area contributed by atoms with Gasteiger partial charge in [0.2, 0.25) is 10.0 Å². The minimum absolute atomic E-state index is 0.00259. The van der Waals surface area contributed by atoms with E-state index in [1.165, 1.54) is 34.1 Å². The first-order valence-corrected chi connectivity index (χ1v) is 12.5. The quantitative estimate of drug-likeness (QED) is 0.340. The van der Waals surface area contributed by atoms with E-state index in [4.69, 9.17) is 9.84 Å². The number of aromatic nitrogens is 2. The van der Waals surface area contributed by atoms with Crippen molar-refractivity contribution in [2.24, 2.45) is 0 Å². The Balaban J connectivity index is 1.66. The molecule has 0 bridgehead atoms. The van der Waals surface area contributed by atoms with Gasteiger partial charge >= 0.3 is 5.97 Å². The summed E-state index contributed by atoms with van der Waals surface area (Å²) in [4.78, 5) is 20.1. The lowest BCUT2D eigenvalue weighted by molar-refractivity contribution is -0.134. The van der Waals surface area contributed by atoms with Gasteiger partial charge in [-0.3, -0.25) is 9.78 Å². The zero-order chi connectivity index (χ0) is 24.1. The number of carboxylic acids is 1. The molecule has 4 aromatic rings. The number of fused-ring (bicyclic) bond motifs is 1. The van der Waals surface area contributed by atoms with Gasteiger partial charge in [-0.15, -0.1) is 11.3 Å². The zero-order valence-corrected chi connectivity index (χ0v) is 19.8. The van der Waals surface area contributed by atoms with Crippen molar-refractivity contribution in [1.29, 1.82) is 0 Å². The summed E-state index contributed by atoms with van der Waals surface area (Å²) in [6.45, 7) is -0.163. The predicted molar refractivity (Wildman–Crippen MR) is 129 cm³/mol. The maximum absolute atomic E-state index is 13.5. The smallest absolute Gasteiger partial charge is 0.322 e. The van der Waals surface area contributed by atoms with E-state index >= 15 is 0 Å². The van der Waals surface area contributed by atoms with Gasteiger partial charge < -0.3 is 15.2 Å². The zero-order valence-electron chi connectivity index (χ0n) is 18.2. The summed E-state index contributed by atoms with van der Waals surface area (Å²) in [5.41, 5.74) is 0.477. The Morgan fingerprint density at radius 1 is 1.15 bits per heavy atom. The molecule has 2 N–H and O–H groups in total. The van der Waals surface area contributed by atoms with E-state index in [1.807, 2.05) is 24.3 Å². The number of ether oxygens (including phenoxy) is 1. The lowest BCUT2D eigenvalue weighted by Crippen LogP contribution is -2.30. The standard InChI is InChI=1S/C23H22N4O5S2/c1-32-18-8-7-16-10-19(33-21(16)11-18)15-27(34(30,31)20-5-3-9-24-12-20)14-17-4-2-6-22(26-17)25-13-23(28)29/h2-12H,13-15H2,1H3,(H,25,26)(H,28,29). The van der Waals surface area contributed by atoms with Gasteiger partial charge in [0.15, 0.2) is 0 Å². The lowest BCUT2D eigenvalue weighted by atomic mass is 10.2. The van der Waals surface area contributed by atoms with E-state index in [9.17, 15) is 13.2 Å². The second kappa shape index (κ2) is 10.2. The van der Waals surface area contributed by atoms with Gasteiger partial charge in [0.25, 0.3) is 0 Å². The Morgan fingerprint density at radius 2 is 2.00 bits per heavy atom. The van der Waals surface area contributed by atoms with E-state index in [1.54, 1.807) is 31.4 Å². The van der Waals surface area contributed by atoms with E-state index in [2.05, 4.69) is 15.3 Å². The Hall–Kier alpha value is -3.54. The largest absolute Gasteiger partial charge is 0.497 e. The third-order valence-corrected chi connectivity index (χ3v) is 7.81. The van der Waals surface area contributed by atoms with Crippen LogP contribution in [0.1, 0.15) is 10.6 Å². The molecule has 0 spiro atoms. The summed E-state index contributed by atoms with van der Waals surface area (Å²) in [5, 5.41) is 12.6. The van der Waals surface area contributed by atoms with Crippen molar-refractivity contribution in [1.82, 2.24) is 14.3 Å². The monoisotopic (exact) mass is 498 g/mol. The maximum Gasteiger partial charge on any atom is 0.322 e. The molecule has 0 radical (unpaired) electrons. The maximum atomic E-state index is 13.5. The lowest BCUT2D eigenvalue weighted by Gasteiger charge is -2.21. The highest BCUT2D eigenvalue weighted by Crippen LogP contribution is 2.31. The summed E-state index contributed by atoms with van der Waals surface area (Å²) in [6, 6.07) is 15.8. The van der Waals surface area contributed by atoms with Gasteiger partial charge in [0.1, 0.15) is 23.0 Å². The average Bonchev–Trinajstić information content (AvgIpc) is 3.24. The summed E-state index contributed by atoms with van der Waals surface area (Å²) in [6.07, 6.45) is 2.83. The Morgan fingerprint density at radius 3 is 2.74 bits per heavy atom. The third-order valence-electron chi connectivity index (χ3n) is 4.95. The first-order valence-electron chi connectivity index (χ1n) is 10.2. The SMILES string of the molecule is COc1ccc2cc(CN(Cc3cccc(NCC(=O)O)n3)S(=O)(=O)c3cccnc3)sc2c1. The number of pyridine rings is 2. The van der Waals surface area contributed by atoms with Crippen molar-refractivity contribution in [3.8, 4) is 5.75 Å². The van der Waals surface area contributed by atoms with Crippen LogP contribution in [0.3, 0.4) is 0 Å². The van der Waals surface area contributed by atoms with Gasteiger partial charge in [-0.25, -0.2) is 13.4 Å². The molecule has 0 fully saturated rings. The Bertz CT molecular complexity index is 1410. The van der Waals surface area contributed by atoms with Crippen LogP contribution in [0, 0.1) is 0 Å². The summed E-state index contributed by atoms with van der Waals surface area (Å²) in [7, 11) is -2.29. The molecule has 0 aliphatic rings. The number of benzene rings is 1. The first kappa shape index (κ1) is 23.6. The molecule has 0 atom stereocenters. The minimum Gasteiger partial charge on any atom is -0.497 e. The molecule has 3 aromatic heterocycles.